The SMILES string of the molecule is Cc1nc2ccccc2n1C1C[C@H]2CC[C@@H](C1)N2CCC1(c2ccc(C(C)C)cc2)CCNCC1.ClCl. The molecule has 4 heterocycles. The molecule has 0 radical (unpaired) electrons. The van der Waals surface area contributed by atoms with Crippen LogP contribution in [0.4, 0.5) is 0 Å². The number of halogens is 2. The first-order chi connectivity index (χ1) is 18.0. The van der Waals surface area contributed by atoms with Crippen molar-refractivity contribution in [3.8, 4) is 0 Å². The summed E-state index contributed by atoms with van der Waals surface area (Å²) < 4.78 is 2.56. The molecule has 2 aromatic carbocycles. The molecular formula is C31H42Cl2N4. The maximum Gasteiger partial charge on any atom is 0.106 e. The molecule has 1 aromatic heterocycles. The number of rotatable bonds is 6. The zero-order valence-electron chi connectivity index (χ0n) is 22.6. The third-order valence-electron chi connectivity index (χ3n) is 9.60. The molecular weight excluding hydrogens is 499 g/mol. The number of aromatic nitrogens is 2. The summed E-state index contributed by atoms with van der Waals surface area (Å²) in [5, 5.41) is 3.63. The molecule has 3 saturated heterocycles. The number of para-hydroxylation sites is 2. The summed E-state index contributed by atoms with van der Waals surface area (Å²) in [6.45, 7) is 10.3. The molecule has 3 atom stereocenters. The molecule has 6 heteroatoms. The van der Waals surface area contributed by atoms with Crippen molar-refractivity contribution < 1.29 is 0 Å². The largest absolute Gasteiger partial charge is 0.325 e. The molecule has 0 spiro atoms. The second-order valence-electron chi connectivity index (χ2n) is 11.8. The van der Waals surface area contributed by atoms with Gasteiger partial charge in [-0.1, -0.05) is 50.2 Å². The summed E-state index contributed by atoms with van der Waals surface area (Å²) >= 11 is 0. The molecule has 3 fully saturated rings. The third-order valence-corrected chi connectivity index (χ3v) is 9.60. The van der Waals surface area contributed by atoms with E-state index in [1.807, 2.05) is 0 Å². The Hall–Kier alpha value is -1.59. The van der Waals surface area contributed by atoms with E-state index in [4.69, 9.17) is 4.98 Å². The zero-order chi connectivity index (χ0) is 26.0. The maximum absolute atomic E-state index is 4.88. The van der Waals surface area contributed by atoms with E-state index in [-0.39, 0.29) is 0 Å². The van der Waals surface area contributed by atoms with Crippen LogP contribution in [0.15, 0.2) is 48.5 Å². The number of nitrogens with zero attached hydrogens (tertiary/aromatic N) is 3. The van der Waals surface area contributed by atoms with E-state index >= 15 is 0 Å². The monoisotopic (exact) mass is 540 g/mol. The van der Waals surface area contributed by atoms with Crippen LogP contribution in [-0.4, -0.2) is 46.2 Å². The second kappa shape index (κ2) is 11.7. The van der Waals surface area contributed by atoms with Gasteiger partial charge in [0.25, 0.3) is 0 Å². The van der Waals surface area contributed by atoms with Crippen LogP contribution in [0.1, 0.15) is 87.7 Å². The van der Waals surface area contributed by atoms with Crippen molar-refractivity contribution in [3.05, 3.63) is 65.5 Å². The highest BCUT2D eigenvalue weighted by molar-refractivity contribution is 6.85. The van der Waals surface area contributed by atoms with E-state index < -0.39 is 0 Å². The smallest absolute Gasteiger partial charge is 0.106 e. The Morgan fingerprint density at radius 3 is 2.24 bits per heavy atom. The second-order valence-corrected chi connectivity index (χ2v) is 11.8. The lowest BCUT2D eigenvalue weighted by Crippen LogP contribution is -2.47. The van der Waals surface area contributed by atoms with E-state index in [0.717, 1.165) is 30.7 Å². The minimum absolute atomic E-state index is 0.328. The normalized spacial score (nSPS) is 25.3. The fourth-order valence-electron chi connectivity index (χ4n) is 7.60. The highest BCUT2D eigenvalue weighted by Gasteiger charge is 2.43. The number of fused-ring (bicyclic) bond motifs is 3. The van der Waals surface area contributed by atoms with Gasteiger partial charge in [-0.05, 0) is 106 Å². The Kier molecular flexibility index (Phi) is 8.50. The molecule has 3 aliphatic heterocycles. The van der Waals surface area contributed by atoms with E-state index in [2.05, 4.69) is 106 Å². The van der Waals surface area contributed by atoms with Crippen molar-refractivity contribution >= 4 is 32.7 Å². The summed E-state index contributed by atoms with van der Waals surface area (Å²) in [4.78, 5) is 7.79. The predicted molar refractivity (Wildman–Crippen MR) is 157 cm³/mol. The Morgan fingerprint density at radius 2 is 1.59 bits per heavy atom. The van der Waals surface area contributed by atoms with Crippen molar-refractivity contribution in [1.82, 2.24) is 19.8 Å². The molecule has 0 amide bonds. The van der Waals surface area contributed by atoms with Crippen LogP contribution < -0.4 is 5.32 Å². The number of nitrogens with one attached hydrogen (secondary N) is 1. The van der Waals surface area contributed by atoms with Gasteiger partial charge in [-0.15, -0.1) is 0 Å². The summed E-state index contributed by atoms with van der Waals surface area (Å²) in [6, 6.07) is 20.4. The van der Waals surface area contributed by atoms with Crippen LogP contribution in [0.25, 0.3) is 11.0 Å². The fraction of sp³-hybridized carbons (Fsp3) is 0.581. The lowest BCUT2D eigenvalue weighted by atomic mass is 9.70. The van der Waals surface area contributed by atoms with E-state index in [1.165, 1.54) is 68.4 Å². The molecule has 200 valence electrons. The first-order valence-electron chi connectivity index (χ1n) is 14.2. The highest BCUT2D eigenvalue weighted by Crippen LogP contribution is 2.44. The van der Waals surface area contributed by atoms with Gasteiger partial charge in [-0.3, -0.25) is 4.90 Å². The zero-order valence-corrected chi connectivity index (χ0v) is 24.1. The summed E-state index contributed by atoms with van der Waals surface area (Å²) in [6.07, 6.45) is 9.10. The van der Waals surface area contributed by atoms with Crippen molar-refractivity contribution in [3.63, 3.8) is 0 Å². The topological polar surface area (TPSA) is 33.1 Å². The van der Waals surface area contributed by atoms with Crippen LogP contribution in [0.2, 0.25) is 0 Å². The summed E-state index contributed by atoms with van der Waals surface area (Å²) in [5.41, 5.74) is 5.83. The average Bonchev–Trinajstić information content (AvgIpc) is 3.39. The number of aryl methyl sites for hydroxylation is 1. The summed E-state index contributed by atoms with van der Waals surface area (Å²) in [5.74, 6) is 1.78. The van der Waals surface area contributed by atoms with Crippen LogP contribution in [-0.2, 0) is 5.41 Å². The van der Waals surface area contributed by atoms with Gasteiger partial charge in [0, 0.05) is 39.8 Å². The molecule has 1 unspecified atom stereocenters. The van der Waals surface area contributed by atoms with Gasteiger partial charge in [-0.2, -0.15) is 0 Å². The lowest BCUT2D eigenvalue weighted by molar-refractivity contribution is 0.0929. The standard InChI is InChI=1S/C31H42N4.Cl2/c1-22(2)24-8-10-25(11-9-24)31(14-17-32-18-15-31)16-19-34-26-12-13-27(34)21-28(20-26)35-23(3)33-29-6-4-5-7-30(29)35;1-2/h4-11,22,26-28,32H,12-21H2,1-3H3;/t26-,27+,28?;. The highest BCUT2D eigenvalue weighted by atomic mass is 36.5. The van der Waals surface area contributed by atoms with Gasteiger partial charge in [0.2, 0.25) is 0 Å². The fourth-order valence-corrected chi connectivity index (χ4v) is 7.60. The number of piperidine rings is 2. The first kappa shape index (κ1) is 27.0. The Balaban J connectivity index is 0.00000137. The molecule has 37 heavy (non-hydrogen) atoms. The van der Waals surface area contributed by atoms with Crippen molar-refractivity contribution in [2.24, 2.45) is 0 Å². The van der Waals surface area contributed by atoms with Crippen molar-refractivity contribution in [2.75, 3.05) is 19.6 Å². The number of hydrogen-bond donors (Lipinski definition) is 1. The molecule has 0 saturated carbocycles. The number of benzene rings is 2. The van der Waals surface area contributed by atoms with Crippen molar-refractivity contribution in [1.29, 1.82) is 0 Å². The molecule has 0 aliphatic carbocycles. The molecule has 3 aliphatic rings. The van der Waals surface area contributed by atoms with Crippen LogP contribution >= 0.6 is 21.7 Å². The molecule has 6 rings (SSSR count). The van der Waals surface area contributed by atoms with Gasteiger partial charge in [0.05, 0.1) is 11.0 Å². The van der Waals surface area contributed by atoms with Gasteiger partial charge in [0.15, 0.2) is 0 Å². The van der Waals surface area contributed by atoms with E-state index in [1.54, 1.807) is 5.56 Å². The van der Waals surface area contributed by atoms with Crippen LogP contribution in [0, 0.1) is 6.92 Å². The third kappa shape index (κ3) is 5.32. The maximum atomic E-state index is 4.88. The van der Waals surface area contributed by atoms with Gasteiger partial charge < -0.3 is 9.88 Å². The first-order valence-corrected chi connectivity index (χ1v) is 15.3. The lowest BCUT2D eigenvalue weighted by Gasteiger charge is -2.44. The minimum Gasteiger partial charge on any atom is -0.325 e. The van der Waals surface area contributed by atoms with Crippen LogP contribution in [0.5, 0.6) is 0 Å². The molecule has 1 N–H and O–H groups in total. The molecule has 4 nitrogen and oxygen atoms in total. The average molecular weight is 542 g/mol. The Morgan fingerprint density at radius 1 is 0.946 bits per heavy atom. The van der Waals surface area contributed by atoms with Gasteiger partial charge >= 0.3 is 0 Å². The predicted octanol–water partition coefficient (Wildman–Crippen LogP) is 7.73. The van der Waals surface area contributed by atoms with Crippen LogP contribution in [0.3, 0.4) is 0 Å². The van der Waals surface area contributed by atoms with E-state index in [0.29, 0.717) is 17.4 Å². The summed E-state index contributed by atoms with van der Waals surface area (Å²) in [7, 11) is 8.22. The number of imidazole rings is 1. The van der Waals surface area contributed by atoms with Gasteiger partial charge in [-0.25, -0.2) is 4.98 Å². The quantitative estimate of drug-likeness (QED) is 0.347. The minimum atomic E-state index is 0.328. The Labute approximate surface area is 232 Å². The van der Waals surface area contributed by atoms with Crippen molar-refractivity contribution in [2.45, 2.75) is 95.2 Å². The molecule has 2 bridgehead atoms. The molecule has 3 aromatic rings. The Bertz CT molecular complexity index is 1150. The van der Waals surface area contributed by atoms with E-state index in [9.17, 15) is 0 Å². The van der Waals surface area contributed by atoms with Gasteiger partial charge in [0.1, 0.15) is 5.82 Å². The number of hydrogen-bond acceptors (Lipinski definition) is 3.